The third kappa shape index (κ3) is 2.54. The molecule has 0 saturated heterocycles. The molecule has 0 bridgehead atoms. The van der Waals surface area contributed by atoms with Crippen LogP contribution in [0.25, 0.3) is 0 Å². The molecule has 4 nitrogen and oxygen atoms in total. The van der Waals surface area contributed by atoms with Crippen molar-refractivity contribution in [2.75, 3.05) is 19.2 Å². The van der Waals surface area contributed by atoms with Crippen LogP contribution in [0.2, 0.25) is 0 Å². The molecule has 0 atom stereocenters. The lowest BCUT2D eigenvalue weighted by Crippen LogP contribution is -2.01. The monoisotopic (exact) mass is 335 g/mol. The van der Waals surface area contributed by atoms with Gasteiger partial charge in [0, 0.05) is 17.8 Å². The summed E-state index contributed by atoms with van der Waals surface area (Å²) in [6.45, 7) is 0.964. The summed E-state index contributed by atoms with van der Waals surface area (Å²) in [5.41, 5.74) is 2.08. The topological polar surface area (TPSA) is 39.7 Å². The van der Waals surface area contributed by atoms with E-state index in [1.807, 2.05) is 36.4 Å². The van der Waals surface area contributed by atoms with Gasteiger partial charge in [0.25, 0.3) is 0 Å². The molecule has 0 saturated carbocycles. The third-order valence-electron chi connectivity index (χ3n) is 3.11. The number of rotatable bonds is 4. The number of hydrogen-bond donors (Lipinski definition) is 1. The summed E-state index contributed by atoms with van der Waals surface area (Å²) in [4.78, 5) is 0. The summed E-state index contributed by atoms with van der Waals surface area (Å²) < 4.78 is 17.0. The highest BCUT2D eigenvalue weighted by atomic mass is 79.9. The standard InChI is InChI=1S/C15H14BrNO3/c1-18-13-6-5-11(7-12(13)16)17-8-10-3-2-4-14-15(10)20-9-19-14/h2-7,17H,8-9H2,1H3. The highest BCUT2D eigenvalue weighted by molar-refractivity contribution is 9.10. The van der Waals surface area contributed by atoms with Crippen molar-refractivity contribution >= 4 is 21.6 Å². The molecular weight excluding hydrogens is 322 g/mol. The summed E-state index contributed by atoms with van der Waals surface area (Å²) in [6.07, 6.45) is 0. The van der Waals surface area contributed by atoms with Gasteiger partial charge in [-0.25, -0.2) is 0 Å². The Morgan fingerprint density at radius 1 is 1.25 bits per heavy atom. The van der Waals surface area contributed by atoms with E-state index in [0.717, 1.165) is 33.0 Å². The zero-order valence-corrected chi connectivity index (χ0v) is 12.6. The second-order valence-electron chi connectivity index (χ2n) is 4.35. The maximum Gasteiger partial charge on any atom is 0.231 e. The highest BCUT2D eigenvalue weighted by Crippen LogP contribution is 2.36. The van der Waals surface area contributed by atoms with Crippen molar-refractivity contribution in [1.29, 1.82) is 0 Å². The number of anilines is 1. The number of hydrogen-bond acceptors (Lipinski definition) is 4. The van der Waals surface area contributed by atoms with Gasteiger partial charge in [0.1, 0.15) is 5.75 Å². The minimum atomic E-state index is 0.292. The van der Waals surface area contributed by atoms with Gasteiger partial charge in [-0.2, -0.15) is 0 Å². The van der Waals surface area contributed by atoms with Crippen LogP contribution in [-0.2, 0) is 6.54 Å². The number of methoxy groups -OCH3 is 1. The maximum atomic E-state index is 5.49. The molecule has 0 radical (unpaired) electrons. The van der Waals surface area contributed by atoms with Gasteiger partial charge in [0.2, 0.25) is 6.79 Å². The summed E-state index contributed by atoms with van der Waals surface area (Å²) >= 11 is 3.47. The normalized spacial score (nSPS) is 12.3. The number of para-hydroxylation sites is 1. The van der Waals surface area contributed by atoms with Gasteiger partial charge in [-0.15, -0.1) is 0 Å². The summed E-state index contributed by atoms with van der Waals surface area (Å²) in [6, 6.07) is 11.8. The van der Waals surface area contributed by atoms with Crippen LogP contribution in [0.15, 0.2) is 40.9 Å². The number of benzene rings is 2. The molecule has 0 fully saturated rings. The molecule has 2 aromatic rings. The Bertz CT molecular complexity index is 631. The fourth-order valence-electron chi connectivity index (χ4n) is 2.10. The Kier molecular flexibility index (Phi) is 3.69. The van der Waals surface area contributed by atoms with Crippen molar-refractivity contribution in [3.8, 4) is 17.2 Å². The second-order valence-corrected chi connectivity index (χ2v) is 5.21. The van der Waals surface area contributed by atoms with Crippen molar-refractivity contribution in [2.24, 2.45) is 0 Å². The van der Waals surface area contributed by atoms with Gasteiger partial charge in [-0.05, 0) is 40.2 Å². The van der Waals surface area contributed by atoms with E-state index in [1.54, 1.807) is 7.11 Å². The molecule has 2 aromatic carbocycles. The van der Waals surface area contributed by atoms with Gasteiger partial charge < -0.3 is 19.5 Å². The number of nitrogens with one attached hydrogen (secondary N) is 1. The van der Waals surface area contributed by atoms with E-state index in [2.05, 4.69) is 21.2 Å². The molecular formula is C15H14BrNO3. The zero-order chi connectivity index (χ0) is 13.9. The lowest BCUT2D eigenvalue weighted by atomic mass is 10.2. The van der Waals surface area contributed by atoms with E-state index in [0.29, 0.717) is 13.3 Å². The average molecular weight is 336 g/mol. The smallest absolute Gasteiger partial charge is 0.231 e. The molecule has 1 heterocycles. The van der Waals surface area contributed by atoms with Crippen molar-refractivity contribution in [3.63, 3.8) is 0 Å². The quantitative estimate of drug-likeness (QED) is 0.922. The lowest BCUT2D eigenvalue weighted by Gasteiger charge is -2.10. The van der Waals surface area contributed by atoms with Crippen LogP contribution in [0.5, 0.6) is 17.2 Å². The van der Waals surface area contributed by atoms with Crippen LogP contribution in [0.3, 0.4) is 0 Å². The van der Waals surface area contributed by atoms with Crippen LogP contribution >= 0.6 is 15.9 Å². The third-order valence-corrected chi connectivity index (χ3v) is 3.73. The number of halogens is 1. The fourth-order valence-corrected chi connectivity index (χ4v) is 2.64. The molecule has 5 heteroatoms. The minimum Gasteiger partial charge on any atom is -0.496 e. The Morgan fingerprint density at radius 3 is 2.95 bits per heavy atom. The lowest BCUT2D eigenvalue weighted by molar-refractivity contribution is 0.173. The van der Waals surface area contributed by atoms with Gasteiger partial charge in [0.05, 0.1) is 11.6 Å². The predicted octanol–water partition coefficient (Wildman–Crippen LogP) is 3.80. The first kappa shape index (κ1) is 13.1. The van der Waals surface area contributed by atoms with Crippen molar-refractivity contribution in [3.05, 3.63) is 46.4 Å². The van der Waals surface area contributed by atoms with E-state index in [1.165, 1.54) is 0 Å². The fraction of sp³-hybridized carbons (Fsp3) is 0.200. The molecule has 104 valence electrons. The van der Waals surface area contributed by atoms with E-state index >= 15 is 0 Å². The summed E-state index contributed by atoms with van der Waals surface area (Å²) in [5, 5.41) is 3.36. The van der Waals surface area contributed by atoms with Crippen molar-refractivity contribution < 1.29 is 14.2 Å². The highest BCUT2D eigenvalue weighted by Gasteiger charge is 2.16. The second kappa shape index (κ2) is 5.63. The Morgan fingerprint density at radius 2 is 2.15 bits per heavy atom. The number of fused-ring (bicyclic) bond motifs is 1. The van der Waals surface area contributed by atoms with Crippen LogP contribution in [-0.4, -0.2) is 13.9 Å². The van der Waals surface area contributed by atoms with Crippen LogP contribution < -0.4 is 19.5 Å². The zero-order valence-electron chi connectivity index (χ0n) is 11.0. The van der Waals surface area contributed by atoms with Crippen molar-refractivity contribution in [1.82, 2.24) is 0 Å². The molecule has 0 spiro atoms. The number of ether oxygens (including phenoxy) is 3. The largest absolute Gasteiger partial charge is 0.496 e. The Hall–Kier alpha value is -1.88. The Labute approximate surface area is 125 Å². The van der Waals surface area contributed by atoms with E-state index < -0.39 is 0 Å². The minimum absolute atomic E-state index is 0.292. The summed E-state index contributed by atoms with van der Waals surface area (Å²) in [5.74, 6) is 2.45. The maximum absolute atomic E-state index is 5.49. The van der Waals surface area contributed by atoms with E-state index in [-0.39, 0.29) is 0 Å². The van der Waals surface area contributed by atoms with Gasteiger partial charge >= 0.3 is 0 Å². The SMILES string of the molecule is COc1ccc(NCc2cccc3c2OCO3)cc1Br. The molecule has 20 heavy (non-hydrogen) atoms. The van der Waals surface area contributed by atoms with Gasteiger partial charge in [0.15, 0.2) is 11.5 Å². The Balaban J connectivity index is 1.74. The molecule has 3 rings (SSSR count). The van der Waals surface area contributed by atoms with Crippen LogP contribution in [0, 0.1) is 0 Å². The van der Waals surface area contributed by atoms with Crippen LogP contribution in [0.1, 0.15) is 5.56 Å². The average Bonchev–Trinajstić information content (AvgIpc) is 2.94. The van der Waals surface area contributed by atoms with Gasteiger partial charge in [-0.3, -0.25) is 0 Å². The molecule has 0 aliphatic carbocycles. The molecule has 0 unspecified atom stereocenters. The molecule has 0 amide bonds. The van der Waals surface area contributed by atoms with Crippen molar-refractivity contribution in [2.45, 2.75) is 6.54 Å². The first-order valence-electron chi connectivity index (χ1n) is 6.23. The molecule has 1 aliphatic rings. The molecule has 1 N–H and O–H groups in total. The molecule has 1 aliphatic heterocycles. The summed E-state index contributed by atoms with van der Waals surface area (Å²) in [7, 11) is 1.65. The first-order valence-corrected chi connectivity index (χ1v) is 7.02. The van der Waals surface area contributed by atoms with E-state index in [9.17, 15) is 0 Å². The van der Waals surface area contributed by atoms with E-state index in [4.69, 9.17) is 14.2 Å². The molecule has 0 aromatic heterocycles. The van der Waals surface area contributed by atoms with Crippen LogP contribution in [0.4, 0.5) is 5.69 Å². The predicted molar refractivity (Wildman–Crippen MR) is 80.6 cm³/mol. The first-order chi connectivity index (χ1) is 9.78. The van der Waals surface area contributed by atoms with Gasteiger partial charge in [-0.1, -0.05) is 12.1 Å².